The van der Waals surface area contributed by atoms with Gasteiger partial charge < -0.3 is 11.2 Å². The molecule has 0 aliphatic heterocycles. The number of hydrogen-bond acceptors (Lipinski definition) is 3. The van der Waals surface area contributed by atoms with E-state index in [-0.39, 0.29) is 17.1 Å². The quantitative estimate of drug-likeness (QED) is 0.366. The fourth-order valence-corrected chi connectivity index (χ4v) is 3.91. The summed E-state index contributed by atoms with van der Waals surface area (Å²) < 4.78 is 31.2. The molecule has 142 valence electrons. The molecule has 0 radical (unpaired) electrons. The normalized spacial score (nSPS) is 13.6. The number of unbranched alkanes of at least 4 members (excludes halogenated alkanes) is 9. The van der Waals surface area contributed by atoms with Crippen LogP contribution in [0.25, 0.3) is 0 Å². The van der Waals surface area contributed by atoms with Crippen molar-refractivity contribution in [1.29, 1.82) is 0 Å². The van der Waals surface area contributed by atoms with E-state index in [0.29, 0.717) is 0 Å². The molecule has 0 heterocycles. The zero-order chi connectivity index (χ0) is 17.1. The van der Waals surface area contributed by atoms with Gasteiger partial charge in [0, 0.05) is 5.54 Å². The average Bonchev–Trinajstić information content (AvgIpc) is 2.37. The lowest BCUT2D eigenvalue weighted by Crippen LogP contribution is -2.44. The molecule has 0 saturated heterocycles. The van der Waals surface area contributed by atoms with Crippen LogP contribution in [0.4, 0.5) is 0 Å². The monoisotopic (exact) mass is 353 g/mol. The van der Waals surface area contributed by atoms with Gasteiger partial charge in [0.1, 0.15) is 0 Å². The van der Waals surface area contributed by atoms with Crippen molar-refractivity contribution in [3.8, 4) is 0 Å². The zero-order valence-corrected chi connectivity index (χ0v) is 16.1. The molecule has 0 amide bonds. The minimum absolute atomic E-state index is 0. The van der Waals surface area contributed by atoms with E-state index in [9.17, 15) is 8.42 Å². The van der Waals surface area contributed by atoms with E-state index >= 15 is 0 Å². The van der Waals surface area contributed by atoms with E-state index in [1.54, 1.807) is 0 Å². The summed E-state index contributed by atoms with van der Waals surface area (Å²) in [7, 11) is -3.95. The van der Waals surface area contributed by atoms with Crippen LogP contribution >= 0.6 is 0 Å². The maximum Gasteiger partial charge on any atom is 0.265 e. The topological polar surface area (TPSA) is 112 Å². The molecule has 0 rings (SSSR count). The molecular formula is C17H39NO4S. The maximum atomic E-state index is 11.1. The number of rotatable bonds is 14. The molecule has 5 N–H and O–H groups in total. The van der Waals surface area contributed by atoms with Crippen LogP contribution in [-0.4, -0.2) is 29.7 Å². The Bertz CT molecular complexity index is 363. The summed E-state index contributed by atoms with van der Waals surface area (Å²) >= 11 is 0. The summed E-state index contributed by atoms with van der Waals surface area (Å²) in [6.45, 7) is 5.90. The minimum Gasteiger partial charge on any atom is -0.412 e. The molecule has 5 nitrogen and oxygen atoms in total. The second kappa shape index (κ2) is 13.2. The Labute approximate surface area is 143 Å². The van der Waals surface area contributed by atoms with Crippen molar-refractivity contribution >= 4 is 10.1 Å². The summed E-state index contributed by atoms with van der Waals surface area (Å²) in [6.07, 6.45) is 13.3. The van der Waals surface area contributed by atoms with Gasteiger partial charge in [-0.15, -0.1) is 0 Å². The van der Waals surface area contributed by atoms with Gasteiger partial charge in [0.05, 0.1) is 5.75 Å². The van der Waals surface area contributed by atoms with Crippen molar-refractivity contribution in [3.63, 3.8) is 0 Å². The van der Waals surface area contributed by atoms with Crippen molar-refractivity contribution < 1.29 is 18.4 Å². The first kappa shape index (κ1) is 25.1. The molecule has 0 aliphatic rings. The Kier molecular flexibility index (Phi) is 14.3. The van der Waals surface area contributed by atoms with Crippen LogP contribution in [0.3, 0.4) is 0 Å². The first-order valence-corrected chi connectivity index (χ1v) is 10.5. The van der Waals surface area contributed by atoms with Crippen molar-refractivity contribution in [3.05, 3.63) is 0 Å². The highest BCUT2D eigenvalue weighted by atomic mass is 32.2. The van der Waals surface area contributed by atoms with E-state index < -0.39 is 15.7 Å². The Morgan fingerprint density at radius 2 is 1.30 bits per heavy atom. The van der Waals surface area contributed by atoms with Crippen molar-refractivity contribution in [2.75, 3.05) is 5.75 Å². The van der Waals surface area contributed by atoms with Gasteiger partial charge in [-0.2, -0.15) is 8.42 Å². The third kappa shape index (κ3) is 16.5. The third-order valence-electron chi connectivity index (χ3n) is 4.37. The lowest BCUT2D eigenvalue weighted by molar-refractivity contribution is 0.311. The molecule has 1 atom stereocenters. The van der Waals surface area contributed by atoms with Crippen LogP contribution in [0.5, 0.6) is 0 Å². The molecule has 0 aliphatic carbocycles. The molecule has 0 aromatic rings. The molecule has 0 spiro atoms. The molecular weight excluding hydrogens is 314 g/mol. The van der Waals surface area contributed by atoms with Crippen LogP contribution in [0.1, 0.15) is 91.4 Å². The van der Waals surface area contributed by atoms with Crippen molar-refractivity contribution in [1.82, 2.24) is 0 Å². The lowest BCUT2D eigenvalue weighted by atomic mass is 9.85. The zero-order valence-electron chi connectivity index (χ0n) is 15.3. The lowest BCUT2D eigenvalue weighted by Gasteiger charge is -2.29. The van der Waals surface area contributed by atoms with E-state index in [0.717, 1.165) is 19.3 Å². The van der Waals surface area contributed by atoms with E-state index in [1.165, 1.54) is 51.4 Å². The number of nitrogens with two attached hydrogens (primary N) is 1. The molecule has 23 heavy (non-hydrogen) atoms. The predicted molar refractivity (Wildman–Crippen MR) is 98.2 cm³/mol. The molecule has 0 aromatic heterocycles. The van der Waals surface area contributed by atoms with Gasteiger partial charge in [0.2, 0.25) is 0 Å². The Hall–Kier alpha value is -0.170. The van der Waals surface area contributed by atoms with Crippen LogP contribution in [0.2, 0.25) is 0 Å². The molecule has 6 heteroatoms. The van der Waals surface area contributed by atoms with Gasteiger partial charge in [-0.1, -0.05) is 71.1 Å². The van der Waals surface area contributed by atoms with Crippen LogP contribution in [-0.2, 0) is 10.1 Å². The SMILES string of the molecule is CCCCCCCCCCCCC(CS(=O)(=O)O)C(C)(C)N.O. The standard InChI is InChI=1S/C17H37NO3S.H2O/c1-4-5-6-7-8-9-10-11-12-13-14-16(17(2,3)18)15-22(19,20)21;/h16H,4-15,18H2,1-3H3,(H,19,20,21);1H2. The molecule has 0 aromatic carbocycles. The minimum atomic E-state index is -3.95. The maximum absolute atomic E-state index is 11.1. The average molecular weight is 354 g/mol. The van der Waals surface area contributed by atoms with Gasteiger partial charge in [-0.25, -0.2) is 0 Å². The second-order valence-electron chi connectivity index (χ2n) is 7.24. The van der Waals surface area contributed by atoms with Gasteiger partial charge in [-0.3, -0.25) is 4.55 Å². The largest absolute Gasteiger partial charge is 0.412 e. The smallest absolute Gasteiger partial charge is 0.265 e. The summed E-state index contributed by atoms with van der Waals surface area (Å²) in [5, 5.41) is 0. The number of hydrogen-bond donors (Lipinski definition) is 2. The second-order valence-corrected chi connectivity index (χ2v) is 8.73. The van der Waals surface area contributed by atoms with E-state index in [1.807, 2.05) is 13.8 Å². The molecule has 0 fully saturated rings. The fourth-order valence-electron chi connectivity index (χ4n) is 2.80. The highest BCUT2D eigenvalue weighted by molar-refractivity contribution is 7.85. The summed E-state index contributed by atoms with van der Waals surface area (Å²) in [4.78, 5) is 0. The summed E-state index contributed by atoms with van der Waals surface area (Å²) in [5.74, 6) is -0.412. The van der Waals surface area contributed by atoms with Gasteiger partial charge >= 0.3 is 0 Å². The van der Waals surface area contributed by atoms with E-state index in [4.69, 9.17) is 10.3 Å². The van der Waals surface area contributed by atoms with Crippen molar-refractivity contribution in [2.45, 2.75) is 96.9 Å². The van der Waals surface area contributed by atoms with Crippen molar-refractivity contribution in [2.24, 2.45) is 11.7 Å². The molecule has 1 unspecified atom stereocenters. The Morgan fingerprint density at radius 1 is 0.913 bits per heavy atom. The highest BCUT2D eigenvalue weighted by Gasteiger charge is 2.28. The third-order valence-corrected chi connectivity index (χ3v) is 5.19. The van der Waals surface area contributed by atoms with Gasteiger partial charge in [0.15, 0.2) is 0 Å². The molecule has 0 saturated carbocycles. The van der Waals surface area contributed by atoms with Gasteiger partial charge in [0.25, 0.3) is 10.1 Å². The summed E-state index contributed by atoms with van der Waals surface area (Å²) in [6, 6.07) is 0. The van der Waals surface area contributed by atoms with Crippen LogP contribution < -0.4 is 5.73 Å². The predicted octanol–water partition coefficient (Wildman–Crippen LogP) is 3.71. The fraction of sp³-hybridized carbons (Fsp3) is 1.00. The van der Waals surface area contributed by atoms with E-state index in [2.05, 4.69) is 6.92 Å². The Morgan fingerprint density at radius 3 is 1.65 bits per heavy atom. The first-order chi connectivity index (χ1) is 10.2. The van der Waals surface area contributed by atoms with Gasteiger partial charge in [-0.05, 0) is 26.2 Å². The highest BCUT2D eigenvalue weighted by Crippen LogP contribution is 2.23. The summed E-state index contributed by atoms with van der Waals surface area (Å²) in [5.41, 5.74) is 5.46. The van der Waals surface area contributed by atoms with Crippen LogP contribution in [0.15, 0.2) is 0 Å². The van der Waals surface area contributed by atoms with Crippen LogP contribution in [0, 0.1) is 5.92 Å². The molecule has 0 bridgehead atoms. The Balaban J connectivity index is 0. The first-order valence-electron chi connectivity index (χ1n) is 8.91.